The number of hydrogen-bond acceptors (Lipinski definition) is 4. The van der Waals surface area contributed by atoms with E-state index in [1.807, 2.05) is 6.07 Å². The smallest absolute Gasteiger partial charge is 0.161 e. The van der Waals surface area contributed by atoms with Crippen molar-refractivity contribution < 1.29 is 14.2 Å². The molecule has 0 aromatic heterocycles. The summed E-state index contributed by atoms with van der Waals surface area (Å²) in [5, 5.41) is 0. The Morgan fingerprint density at radius 2 is 2.11 bits per heavy atom. The van der Waals surface area contributed by atoms with E-state index in [4.69, 9.17) is 14.2 Å². The van der Waals surface area contributed by atoms with E-state index >= 15 is 0 Å². The van der Waals surface area contributed by atoms with Gasteiger partial charge in [-0.3, -0.25) is 4.90 Å². The maximum absolute atomic E-state index is 5.67. The first-order valence-electron chi connectivity index (χ1n) is 7.01. The summed E-state index contributed by atoms with van der Waals surface area (Å²) in [6.07, 6.45) is 2.46. The molecule has 104 valence electrons. The minimum atomic E-state index is 0.492. The fraction of sp³-hybridized carbons (Fsp3) is 0.600. The van der Waals surface area contributed by atoms with Crippen molar-refractivity contribution in [1.82, 2.24) is 4.90 Å². The Morgan fingerprint density at radius 3 is 2.95 bits per heavy atom. The number of fused-ring (bicyclic) bond motifs is 1. The van der Waals surface area contributed by atoms with Gasteiger partial charge in [-0.15, -0.1) is 0 Å². The molecule has 0 aliphatic carbocycles. The minimum absolute atomic E-state index is 0.492. The lowest BCUT2D eigenvalue weighted by Crippen LogP contribution is -2.27. The summed E-state index contributed by atoms with van der Waals surface area (Å²) in [5.74, 6) is 1.76. The van der Waals surface area contributed by atoms with Crippen LogP contribution in [0, 0.1) is 0 Å². The van der Waals surface area contributed by atoms with Crippen LogP contribution in [0.15, 0.2) is 18.2 Å². The van der Waals surface area contributed by atoms with Gasteiger partial charge in [0.1, 0.15) is 13.2 Å². The van der Waals surface area contributed by atoms with E-state index in [2.05, 4.69) is 17.0 Å². The van der Waals surface area contributed by atoms with Gasteiger partial charge >= 0.3 is 0 Å². The SMILES string of the molecule is COCCN1CCC[C@H]1c1ccc2c(c1)OCCO2. The lowest BCUT2D eigenvalue weighted by Gasteiger charge is -2.26. The van der Waals surface area contributed by atoms with Crippen molar-refractivity contribution in [2.45, 2.75) is 18.9 Å². The van der Waals surface area contributed by atoms with Crippen molar-refractivity contribution in [2.24, 2.45) is 0 Å². The third-order valence-corrected chi connectivity index (χ3v) is 3.90. The monoisotopic (exact) mass is 263 g/mol. The van der Waals surface area contributed by atoms with Crippen molar-refractivity contribution >= 4 is 0 Å². The summed E-state index contributed by atoms with van der Waals surface area (Å²) in [4.78, 5) is 2.49. The highest BCUT2D eigenvalue weighted by atomic mass is 16.6. The second-order valence-electron chi connectivity index (χ2n) is 5.09. The molecule has 2 aliphatic rings. The zero-order valence-electron chi connectivity index (χ0n) is 11.4. The third-order valence-electron chi connectivity index (χ3n) is 3.90. The molecule has 4 heteroatoms. The largest absolute Gasteiger partial charge is 0.486 e. The van der Waals surface area contributed by atoms with Gasteiger partial charge in [-0.2, -0.15) is 0 Å². The molecule has 0 amide bonds. The van der Waals surface area contributed by atoms with Crippen LogP contribution in [0.3, 0.4) is 0 Å². The van der Waals surface area contributed by atoms with Crippen LogP contribution in [0.2, 0.25) is 0 Å². The number of ether oxygens (including phenoxy) is 3. The summed E-state index contributed by atoms with van der Waals surface area (Å²) < 4.78 is 16.4. The molecule has 2 aliphatic heterocycles. The fourth-order valence-corrected chi connectivity index (χ4v) is 2.95. The van der Waals surface area contributed by atoms with Crippen molar-refractivity contribution in [2.75, 3.05) is 40.0 Å². The maximum atomic E-state index is 5.67. The molecule has 19 heavy (non-hydrogen) atoms. The molecule has 1 aromatic carbocycles. The Kier molecular flexibility index (Phi) is 3.89. The van der Waals surface area contributed by atoms with E-state index in [0.717, 1.165) is 31.2 Å². The molecule has 0 saturated carbocycles. The van der Waals surface area contributed by atoms with Crippen LogP contribution in [-0.4, -0.2) is 44.9 Å². The quantitative estimate of drug-likeness (QED) is 0.833. The van der Waals surface area contributed by atoms with E-state index in [9.17, 15) is 0 Å². The van der Waals surface area contributed by atoms with Gasteiger partial charge < -0.3 is 14.2 Å². The highest BCUT2D eigenvalue weighted by molar-refractivity contribution is 5.44. The van der Waals surface area contributed by atoms with E-state index in [-0.39, 0.29) is 0 Å². The number of nitrogens with zero attached hydrogens (tertiary/aromatic N) is 1. The fourth-order valence-electron chi connectivity index (χ4n) is 2.95. The number of methoxy groups -OCH3 is 1. The predicted molar refractivity (Wildman–Crippen MR) is 72.9 cm³/mol. The maximum Gasteiger partial charge on any atom is 0.161 e. The third kappa shape index (κ3) is 2.69. The normalized spacial score (nSPS) is 22.7. The molecular weight excluding hydrogens is 242 g/mol. The zero-order valence-corrected chi connectivity index (χ0v) is 11.4. The summed E-state index contributed by atoms with van der Waals surface area (Å²) in [5.41, 5.74) is 1.33. The van der Waals surface area contributed by atoms with Crippen LogP contribution in [0.4, 0.5) is 0 Å². The molecule has 1 atom stereocenters. The van der Waals surface area contributed by atoms with Gasteiger partial charge in [0.25, 0.3) is 0 Å². The summed E-state index contributed by atoms with van der Waals surface area (Å²) in [6.45, 7) is 4.24. The average molecular weight is 263 g/mol. The zero-order chi connectivity index (χ0) is 13.1. The minimum Gasteiger partial charge on any atom is -0.486 e. The number of likely N-dealkylation sites (tertiary alicyclic amines) is 1. The first-order chi connectivity index (χ1) is 9.38. The Bertz CT molecular complexity index is 435. The van der Waals surface area contributed by atoms with Gasteiger partial charge in [0.05, 0.1) is 6.61 Å². The second-order valence-corrected chi connectivity index (χ2v) is 5.09. The Labute approximate surface area is 114 Å². The van der Waals surface area contributed by atoms with Gasteiger partial charge in [0.15, 0.2) is 11.5 Å². The summed E-state index contributed by atoms with van der Waals surface area (Å²) in [6, 6.07) is 6.84. The lowest BCUT2D eigenvalue weighted by atomic mass is 10.0. The molecule has 3 rings (SSSR count). The van der Waals surface area contributed by atoms with Crippen LogP contribution in [0.5, 0.6) is 11.5 Å². The first kappa shape index (κ1) is 12.8. The molecule has 4 nitrogen and oxygen atoms in total. The Morgan fingerprint density at radius 1 is 1.26 bits per heavy atom. The number of rotatable bonds is 4. The van der Waals surface area contributed by atoms with Gasteiger partial charge in [0.2, 0.25) is 0 Å². The lowest BCUT2D eigenvalue weighted by molar-refractivity contribution is 0.140. The van der Waals surface area contributed by atoms with Crippen LogP contribution >= 0.6 is 0 Å². The second kappa shape index (κ2) is 5.80. The van der Waals surface area contributed by atoms with E-state index in [0.29, 0.717) is 19.3 Å². The van der Waals surface area contributed by atoms with E-state index in [1.54, 1.807) is 7.11 Å². The predicted octanol–water partition coefficient (Wildman–Crippen LogP) is 2.24. The van der Waals surface area contributed by atoms with Gasteiger partial charge in [-0.05, 0) is 37.1 Å². The number of hydrogen-bond donors (Lipinski definition) is 0. The van der Waals surface area contributed by atoms with E-state index in [1.165, 1.54) is 18.4 Å². The first-order valence-corrected chi connectivity index (χ1v) is 7.01. The molecule has 1 aromatic rings. The molecule has 0 bridgehead atoms. The number of benzene rings is 1. The molecule has 0 radical (unpaired) electrons. The van der Waals surface area contributed by atoms with Crippen molar-refractivity contribution in [1.29, 1.82) is 0 Å². The molecular formula is C15H21NO3. The standard InChI is InChI=1S/C15H21NO3/c1-17-8-7-16-6-2-3-13(16)12-4-5-14-15(11-12)19-10-9-18-14/h4-5,11,13H,2-3,6-10H2,1H3/t13-/m0/s1. The molecule has 2 heterocycles. The molecule has 1 saturated heterocycles. The summed E-state index contributed by atoms with van der Waals surface area (Å²) in [7, 11) is 1.76. The van der Waals surface area contributed by atoms with Crippen LogP contribution in [0.25, 0.3) is 0 Å². The highest BCUT2D eigenvalue weighted by Gasteiger charge is 2.26. The summed E-state index contributed by atoms with van der Waals surface area (Å²) >= 11 is 0. The highest BCUT2D eigenvalue weighted by Crippen LogP contribution is 2.37. The van der Waals surface area contributed by atoms with Gasteiger partial charge in [-0.1, -0.05) is 6.07 Å². The molecule has 0 spiro atoms. The Balaban J connectivity index is 1.77. The van der Waals surface area contributed by atoms with Crippen LogP contribution in [-0.2, 0) is 4.74 Å². The van der Waals surface area contributed by atoms with Crippen LogP contribution in [0.1, 0.15) is 24.4 Å². The van der Waals surface area contributed by atoms with Crippen molar-refractivity contribution in [3.8, 4) is 11.5 Å². The molecule has 0 N–H and O–H groups in total. The molecule has 0 unspecified atom stereocenters. The molecule has 1 fully saturated rings. The van der Waals surface area contributed by atoms with Gasteiger partial charge in [0, 0.05) is 19.7 Å². The van der Waals surface area contributed by atoms with Gasteiger partial charge in [-0.25, -0.2) is 0 Å². The Hall–Kier alpha value is -1.26. The van der Waals surface area contributed by atoms with Crippen LogP contribution < -0.4 is 9.47 Å². The average Bonchev–Trinajstić information content (AvgIpc) is 2.93. The van der Waals surface area contributed by atoms with E-state index < -0.39 is 0 Å². The topological polar surface area (TPSA) is 30.9 Å². The van der Waals surface area contributed by atoms with Crippen molar-refractivity contribution in [3.63, 3.8) is 0 Å². The van der Waals surface area contributed by atoms with Crippen molar-refractivity contribution in [3.05, 3.63) is 23.8 Å².